The van der Waals surface area contributed by atoms with Gasteiger partial charge < -0.3 is 15.1 Å². The van der Waals surface area contributed by atoms with Gasteiger partial charge in [-0.05, 0) is 84.5 Å². The van der Waals surface area contributed by atoms with Crippen LogP contribution in [0.25, 0.3) is 45.9 Å². The maximum absolute atomic E-state index is 9.68. The molecule has 6 heteroatoms. The number of aromatic nitrogens is 4. The molecule has 0 spiro atoms. The van der Waals surface area contributed by atoms with E-state index in [1.54, 1.807) is 12.1 Å². The summed E-state index contributed by atoms with van der Waals surface area (Å²) in [4.78, 5) is 16.4. The third-order valence-corrected chi connectivity index (χ3v) is 5.34. The molecule has 0 saturated heterocycles. The van der Waals surface area contributed by atoms with Crippen molar-refractivity contribution < 1.29 is 22.2 Å². The van der Waals surface area contributed by atoms with Crippen LogP contribution in [-0.2, 0) is 17.1 Å². The summed E-state index contributed by atoms with van der Waals surface area (Å²) in [5, 5.41) is 9.68. The summed E-state index contributed by atoms with van der Waals surface area (Å²) in [6.07, 6.45) is 6.09. The molecule has 1 aromatic carbocycles. The monoisotopic (exact) mass is 465 g/mol. The van der Waals surface area contributed by atoms with E-state index in [-0.39, 0.29) is 22.8 Å². The van der Waals surface area contributed by atoms with Gasteiger partial charge >= 0.3 is 0 Å². The van der Waals surface area contributed by atoms with Crippen molar-refractivity contribution in [1.29, 1.82) is 0 Å². The van der Waals surface area contributed by atoms with E-state index < -0.39 is 0 Å². The molecule has 3 aromatic heterocycles. The molecule has 6 rings (SSSR count). The number of phenols is 1. The van der Waals surface area contributed by atoms with Crippen molar-refractivity contribution in [3.05, 3.63) is 101 Å². The van der Waals surface area contributed by atoms with E-state index in [1.165, 1.54) is 0 Å². The number of nitrogens with one attached hydrogen (secondary N) is 2. The molecule has 3 N–H and O–H groups in total. The fourth-order valence-corrected chi connectivity index (χ4v) is 3.89. The Balaban J connectivity index is 0.00000216. The molecule has 5 nitrogen and oxygen atoms in total. The van der Waals surface area contributed by atoms with Gasteiger partial charge in [0.15, 0.2) is 0 Å². The minimum atomic E-state index is 0. The topological polar surface area (TPSA) is 77.6 Å². The van der Waals surface area contributed by atoms with Gasteiger partial charge in [0.05, 0.1) is 22.8 Å². The molecule has 2 aliphatic rings. The molecule has 0 amide bonds. The zero-order valence-corrected chi connectivity index (χ0v) is 17.7. The van der Waals surface area contributed by atoms with Crippen LogP contribution in [0.2, 0.25) is 0 Å². The van der Waals surface area contributed by atoms with Gasteiger partial charge in [0.2, 0.25) is 0 Å². The third kappa shape index (κ3) is 3.89. The molecule has 0 unspecified atom stereocenters. The van der Waals surface area contributed by atoms with Gasteiger partial charge in [-0.2, -0.15) is 0 Å². The summed E-state index contributed by atoms with van der Waals surface area (Å²) in [6, 6.07) is 23.5. The van der Waals surface area contributed by atoms with E-state index in [1.807, 2.05) is 72.8 Å². The predicted octanol–water partition coefficient (Wildman–Crippen LogP) is 5.78. The van der Waals surface area contributed by atoms with Crippen LogP contribution in [0.5, 0.6) is 5.75 Å². The molecular formula is C26H18CuN4O. The fourth-order valence-electron chi connectivity index (χ4n) is 3.89. The fraction of sp³-hybridized carbons (Fsp3) is 0. The molecule has 0 aliphatic carbocycles. The Labute approximate surface area is 194 Å². The van der Waals surface area contributed by atoms with Gasteiger partial charge in [0.25, 0.3) is 0 Å². The van der Waals surface area contributed by atoms with Crippen LogP contribution in [0.4, 0.5) is 0 Å². The van der Waals surface area contributed by atoms with Crippen molar-refractivity contribution in [2.45, 2.75) is 0 Å². The third-order valence-electron chi connectivity index (χ3n) is 5.34. The van der Waals surface area contributed by atoms with Crippen molar-refractivity contribution >= 4 is 45.9 Å². The summed E-state index contributed by atoms with van der Waals surface area (Å²) >= 11 is 0. The number of nitrogens with zero attached hydrogens (tertiary/aromatic N) is 2. The van der Waals surface area contributed by atoms with Crippen LogP contribution in [0.15, 0.2) is 72.8 Å². The quantitative estimate of drug-likeness (QED) is 0.269. The van der Waals surface area contributed by atoms with Crippen LogP contribution in [-0.4, -0.2) is 25.0 Å². The molecule has 32 heavy (non-hydrogen) atoms. The Morgan fingerprint density at radius 3 is 1.72 bits per heavy atom. The Morgan fingerprint density at radius 2 is 1.12 bits per heavy atom. The molecule has 159 valence electrons. The molecule has 8 bridgehead atoms. The van der Waals surface area contributed by atoms with E-state index in [0.29, 0.717) is 0 Å². The van der Waals surface area contributed by atoms with Crippen LogP contribution in [0.1, 0.15) is 28.3 Å². The van der Waals surface area contributed by atoms with Crippen LogP contribution in [0, 0.1) is 0 Å². The number of fused-ring (bicyclic) bond motifs is 8. The smallest absolute Gasteiger partial charge is 0.115 e. The summed E-state index contributed by atoms with van der Waals surface area (Å²) in [5.41, 5.74) is 9.46. The van der Waals surface area contributed by atoms with E-state index >= 15 is 0 Å². The van der Waals surface area contributed by atoms with Crippen LogP contribution < -0.4 is 0 Å². The number of aromatic amines is 2. The van der Waals surface area contributed by atoms with Gasteiger partial charge in [-0.3, -0.25) is 0 Å². The van der Waals surface area contributed by atoms with Crippen molar-refractivity contribution in [2.24, 2.45) is 0 Å². The molecule has 5 heterocycles. The standard InChI is InChI=1S/C26H18N4O.Cu/c31-24-9-1-16(2-10-24)25-14-23-13-21-6-5-19(28-21)11-17-3-4-18(27-17)12-20-7-8-22(29-20)15-26(25)30-23;/h1-15,28-29,31H;. The van der Waals surface area contributed by atoms with E-state index in [4.69, 9.17) is 4.98 Å². The first-order valence-corrected chi connectivity index (χ1v) is 10.1. The first kappa shape index (κ1) is 20.1. The molecular weight excluding hydrogens is 448 g/mol. The average molecular weight is 466 g/mol. The molecule has 2 aliphatic heterocycles. The molecule has 1 radical (unpaired) electrons. The van der Waals surface area contributed by atoms with E-state index in [0.717, 1.165) is 56.0 Å². The molecule has 0 saturated carbocycles. The second-order valence-corrected chi connectivity index (χ2v) is 7.64. The Morgan fingerprint density at radius 1 is 0.594 bits per heavy atom. The number of rotatable bonds is 1. The van der Waals surface area contributed by atoms with Crippen LogP contribution >= 0.6 is 0 Å². The minimum absolute atomic E-state index is 0. The summed E-state index contributed by atoms with van der Waals surface area (Å²) in [6.45, 7) is 0. The Kier molecular flexibility index (Phi) is 5.02. The van der Waals surface area contributed by atoms with Crippen molar-refractivity contribution in [3.63, 3.8) is 0 Å². The van der Waals surface area contributed by atoms with E-state index in [9.17, 15) is 5.11 Å². The van der Waals surface area contributed by atoms with Crippen molar-refractivity contribution in [2.75, 3.05) is 0 Å². The van der Waals surface area contributed by atoms with Gasteiger partial charge in [-0.25, -0.2) is 9.97 Å². The number of hydrogen-bond donors (Lipinski definition) is 3. The van der Waals surface area contributed by atoms with Gasteiger partial charge in [-0.15, -0.1) is 0 Å². The van der Waals surface area contributed by atoms with Crippen molar-refractivity contribution in [1.82, 2.24) is 19.9 Å². The average Bonchev–Trinajstić information content (AvgIpc) is 3.54. The second kappa shape index (κ2) is 8.00. The number of hydrogen-bond acceptors (Lipinski definition) is 3. The zero-order valence-electron chi connectivity index (χ0n) is 16.8. The predicted molar refractivity (Wildman–Crippen MR) is 125 cm³/mol. The normalized spacial score (nSPS) is 12.3. The molecule has 0 atom stereocenters. The zero-order chi connectivity index (χ0) is 20.8. The maximum Gasteiger partial charge on any atom is 0.115 e. The SMILES string of the molecule is Oc1ccc(C2=Cc3cc4ccc(cc5nc(cc6ccc(cc2n3)[nH]6)C=C5)[nH]4)cc1.[Cu]. The Hall–Kier alpha value is -3.86. The van der Waals surface area contributed by atoms with E-state index in [2.05, 4.69) is 21.0 Å². The minimum Gasteiger partial charge on any atom is -0.508 e. The maximum atomic E-state index is 9.68. The molecule has 4 aromatic rings. The van der Waals surface area contributed by atoms with Crippen LogP contribution in [0.3, 0.4) is 0 Å². The summed E-state index contributed by atoms with van der Waals surface area (Å²) in [7, 11) is 0. The number of H-pyrrole nitrogens is 2. The van der Waals surface area contributed by atoms with Gasteiger partial charge in [0, 0.05) is 44.7 Å². The van der Waals surface area contributed by atoms with Crippen molar-refractivity contribution in [3.8, 4) is 5.75 Å². The Bertz CT molecular complexity index is 1540. The second-order valence-electron chi connectivity index (χ2n) is 7.64. The summed E-state index contributed by atoms with van der Waals surface area (Å²) < 4.78 is 0. The van der Waals surface area contributed by atoms with Gasteiger partial charge in [0.1, 0.15) is 5.75 Å². The van der Waals surface area contributed by atoms with Gasteiger partial charge in [-0.1, -0.05) is 12.1 Å². The first-order valence-electron chi connectivity index (χ1n) is 10.1. The summed E-state index contributed by atoms with van der Waals surface area (Å²) in [5.74, 6) is 0.245. The largest absolute Gasteiger partial charge is 0.508 e. The number of aromatic hydroxyl groups is 1. The number of benzene rings is 1. The number of phenolic OH excluding ortho intramolecular Hbond substituents is 1. The molecule has 0 fully saturated rings. The first-order chi connectivity index (χ1) is 15.2.